The van der Waals surface area contributed by atoms with E-state index < -0.39 is 7.92 Å². The van der Waals surface area contributed by atoms with E-state index in [1.165, 1.54) is 74.8 Å². The van der Waals surface area contributed by atoms with Gasteiger partial charge in [0.1, 0.15) is 0 Å². The van der Waals surface area contributed by atoms with Gasteiger partial charge in [-0.05, 0) is 61.2 Å². The fourth-order valence-electron chi connectivity index (χ4n) is 6.73. The number of benzene rings is 2. The second-order valence-electron chi connectivity index (χ2n) is 11.0. The molecule has 0 heterocycles. The molecule has 0 N–H and O–H groups in total. The third-order valence-electron chi connectivity index (χ3n) is 8.54. The first-order valence-electron chi connectivity index (χ1n) is 15.0. The van der Waals surface area contributed by atoms with Crippen LogP contribution in [0.1, 0.15) is 82.4 Å². The second kappa shape index (κ2) is 19.9. The van der Waals surface area contributed by atoms with Gasteiger partial charge in [-0.1, -0.05) is 106 Å². The van der Waals surface area contributed by atoms with Crippen molar-refractivity contribution in [2.45, 2.75) is 88.1 Å². The minimum absolute atomic E-state index is 0. The fraction of sp³-hybridized carbons (Fsp3) is 0.389. The van der Waals surface area contributed by atoms with Gasteiger partial charge in [0.15, 0.2) is 0 Å². The number of allylic oxidation sites excluding steroid dienone is 2. The van der Waals surface area contributed by atoms with Gasteiger partial charge in [-0.2, -0.15) is 6.07 Å². The topological polar surface area (TPSA) is 0 Å². The van der Waals surface area contributed by atoms with Gasteiger partial charge in [0.25, 0.3) is 0 Å². The van der Waals surface area contributed by atoms with Crippen molar-refractivity contribution in [2.24, 2.45) is 0 Å². The summed E-state index contributed by atoms with van der Waals surface area (Å²) in [7, 11) is -0.489. The summed E-state index contributed by atoms with van der Waals surface area (Å²) in [5.41, 5.74) is 4.38. The standard InChI is InChI=1S/C31H39P2.C5H5.BrH.Cu.Fe/c1-25(32(26-15-6-2-7-16-26)27-17-8-3-9-18-27)30-23-14-24-31(30)33(28-19-10-4-11-20-28)29-21-12-5-13-22-29;1-2-4-5-3-1;;;/h4-5,10-14,19-27H,2-3,6-9,15-18H2,1H3;1-5H;1H;;/q2*-1;;+1;+2/p-1/t25-;;;;/m1..../s1. The largest absolute Gasteiger partial charge is 2.00 e. The molecule has 0 spiro atoms. The van der Waals surface area contributed by atoms with Crippen molar-refractivity contribution >= 4 is 45.9 Å². The summed E-state index contributed by atoms with van der Waals surface area (Å²) in [4.78, 5) is 0. The molecular formula is C36H44BrCuFeP2. The molecule has 6 rings (SSSR count). The molecule has 3 aromatic carbocycles. The van der Waals surface area contributed by atoms with Crippen LogP contribution < -0.4 is 15.9 Å². The van der Waals surface area contributed by atoms with Crippen LogP contribution in [-0.4, -0.2) is 11.3 Å². The van der Waals surface area contributed by atoms with Crippen LogP contribution in [0.4, 0.5) is 0 Å². The van der Waals surface area contributed by atoms with E-state index in [9.17, 15) is 0 Å². The quantitative estimate of drug-likeness (QED) is 0.129. The fourth-order valence-corrected chi connectivity index (χ4v) is 13.7. The smallest absolute Gasteiger partial charge is 2.00 e. The zero-order chi connectivity index (χ0) is 28.0. The van der Waals surface area contributed by atoms with Crippen molar-refractivity contribution in [2.75, 3.05) is 0 Å². The predicted octanol–water partition coefficient (Wildman–Crippen LogP) is 10.4. The van der Waals surface area contributed by atoms with Gasteiger partial charge in [-0.3, -0.25) is 0 Å². The molecule has 3 aliphatic rings. The number of rotatable bonds is 7. The zero-order valence-corrected chi connectivity index (χ0v) is 29.5. The van der Waals surface area contributed by atoms with Crippen molar-refractivity contribution in [3.63, 3.8) is 0 Å². The van der Waals surface area contributed by atoms with Gasteiger partial charge in [0, 0.05) is 0 Å². The Labute approximate surface area is 279 Å². The van der Waals surface area contributed by atoms with Gasteiger partial charge in [-0.25, -0.2) is 30.7 Å². The number of hydrogen-bond acceptors (Lipinski definition) is 0. The van der Waals surface area contributed by atoms with Crippen LogP contribution in [0, 0.1) is 19.3 Å². The van der Waals surface area contributed by atoms with Gasteiger partial charge in [0.05, 0.1) is 0 Å². The normalized spacial score (nSPS) is 18.0. The molecule has 5 heteroatoms. The van der Waals surface area contributed by atoms with Crippen LogP contribution >= 0.6 is 30.0 Å². The molecule has 0 saturated heterocycles. The van der Waals surface area contributed by atoms with E-state index >= 15 is 0 Å². The molecule has 2 fully saturated rings. The van der Waals surface area contributed by atoms with Gasteiger partial charge < -0.3 is 0 Å². The number of halogens is 1. The summed E-state index contributed by atoms with van der Waals surface area (Å²) >= 11 is 6.50. The van der Waals surface area contributed by atoms with E-state index in [0.29, 0.717) is 5.66 Å². The Hall–Kier alpha value is -0.221. The van der Waals surface area contributed by atoms with E-state index in [1.807, 2.05) is 31.4 Å². The molecule has 3 aliphatic carbocycles. The summed E-state index contributed by atoms with van der Waals surface area (Å²) in [6.07, 6.45) is 24.8. The van der Waals surface area contributed by atoms with Crippen LogP contribution in [0.2, 0.25) is 0 Å². The minimum atomic E-state index is -0.511. The van der Waals surface area contributed by atoms with E-state index in [0.717, 1.165) is 11.3 Å². The Morgan fingerprint density at radius 3 is 1.68 bits per heavy atom. The molecule has 0 aliphatic heterocycles. The Balaban J connectivity index is 0.000000515. The van der Waals surface area contributed by atoms with E-state index in [-0.39, 0.29) is 25.0 Å². The first-order chi connectivity index (χ1) is 19.8. The van der Waals surface area contributed by atoms with Gasteiger partial charge in [-0.15, -0.1) is 31.6 Å². The van der Waals surface area contributed by atoms with Gasteiger partial charge in [0.2, 0.25) is 0 Å². The molecule has 0 bridgehead atoms. The Kier molecular flexibility index (Phi) is 17.1. The Morgan fingerprint density at radius 1 is 0.756 bits per heavy atom. The summed E-state index contributed by atoms with van der Waals surface area (Å²) < 4.78 is 0. The van der Waals surface area contributed by atoms with E-state index in [1.54, 1.807) is 10.9 Å². The van der Waals surface area contributed by atoms with Crippen LogP contribution in [-0.2, 0) is 31.3 Å². The predicted molar refractivity (Wildman–Crippen MR) is 181 cm³/mol. The zero-order valence-electron chi connectivity index (χ0n) is 24.1. The van der Waals surface area contributed by atoms with Crippen LogP contribution in [0.25, 0.3) is 0 Å². The summed E-state index contributed by atoms with van der Waals surface area (Å²) in [6, 6.07) is 29.9. The third kappa shape index (κ3) is 10.2. The van der Waals surface area contributed by atoms with Crippen molar-refractivity contribution in [1.29, 1.82) is 0 Å². The maximum Gasteiger partial charge on any atom is 2.00 e. The molecule has 224 valence electrons. The van der Waals surface area contributed by atoms with Crippen molar-refractivity contribution < 1.29 is 31.3 Å². The monoisotopic (exact) mass is 736 g/mol. The van der Waals surface area contributed by atoms with Crippen LogP contribution in [0.15, 0.2) is 91.0 Å². The Morgan fingerprint density at radius 2 is 1.27 bits per heavy atom. The SMILES string of the molecule is C[C@H]([c-]1cccc1P(c1ccccc1)c1ccccc1)P(C1CCCCC1)C1CCCCC1.[CH]1[CH][CH-]C=C1.[Cu][Br].[Fe+2]. The first-order valence-corrected chi connectivity index (χ1v) is 20.3. The molecule has 2 saturated carbocycles. The maximum atomic E-state index is 4.00. The molecule has 3 aromatic rings. The van der Waals surface area contributed by atoms with Crippen LogP contribution in [0.3, 0.4) is 0 Å². The molecule has 41 heavy (non-hydrogen) atoms. The average molecular weight is 738 g/mol. The molecule has 0 aromatic heterocycles. The molecule has 2 radical (unpaired) electrons. The Bertz CT molecular complexity index is 1040. The third-order valence-corrected chi connectivity index (χ3v) is 15.0. The van der Waals surface area contributed by atoms with Crippen LogP contribution in [0.5, 0.6) is 0 Å². The number of hydrogen-bond donors (Lipinski definition) is 0. The van der Waals surface area contributed by atoms with E-state index in [4.69, 9.17) is 0 Å². The first kappa shape index (κ1) is 35.3. The van der Waals surface area contributed by atoms with E-state index in [2.05, 4.69) is 114 Å². The molecule has 1 atom stereocenters. The maximum absolute atomic E-state index is 4.00. The van der Waals surface area contributed by atoms with Crippen molar-refractivity contribution in [3.8, 4) is 0 Å². The molecule has 0 unspecified atom stereocenters. The summed E-state index contributed by atoms with van der Waals surface area (Å²) in [5, 5.41) is 4.59. The molecular weight excluding hydrogens is 694 g/mol. The second-order valence-corrected chi connectivity index (χ2v) is 16.4. The van der Waals surface area contributed by atoms with Gasteiger partial charge >= 0.3 is 45.4 Å². The van der Waals surface area contributed by atoms with Crippen molar-refractivity contribution in [3.05, 3.63) is 116 Å². The minimum Gasteiger partial charge on any atom is 2.00 e. The van der Waals surface area contributed by atoms with Crippen molar-refractivity contribution in [1.82, 2.24) is 0 Å². The summed E-state index contributed by atoms with van der Waals surface area (Å²) in [6.45, 7) is 2.62. The average Bonchev–Trinajstić information content (AvgIpc) is 3.77. The summed E-state index contributed by atoms with van der Waals surface area (Å²) in [5.74, 6) is 0. The molecule has 0 amide bonds. The molecule has 0 nitrogen and oxygen atoms in total.